The van der Waals surface area contributed by atoms with Gasteiger partial charge < -0.3 is 15.0 Å². The highest BCUT2D eigenvalue weighted by atomic mass is 16.5. The molecule has 2 aromatic heterocycles. The van der Waals surface area contributed by atoms with Crippen molar-refractivity contribution in [3.8, 4) is 11.6 Å². The predicted molar refractivity (Wildman–Crippen MR) is 108 cm³/mol. The van der Waals surface area contributed by atoms with Gasteiger partial charge in [-0.25, -0.2) is 4.98 Å². The first kappa shape index (κ1) is 19.4. The lowest BCUT2D eigenvalue weighted by molar-refractivity contribution is 0.101. The molecule has 0 unspecified atom stereocenters. The minimum absolute atomic E-state index is 0.0781. The topological polar surface area (TPSA) is 84.1 Å². The van der Waals surface area contributed by atoms with Gasteiger partial charge in [-0.05, 0) is 69.5 Å². The number of ether oxygens (including phenoxy) is 1. The molecule has 0 saturated carbocycles. The summed E-state index contributed by atoms with van der Waals surface area (Å²) < 4.78 is 5.97. The summed E-state index contributed by atoms with van der Waals surface area (Å²) in [7, 11) is 0. The van der Waals surface area contributed by atoms with Gasteiger partial charge in [-0.1, -0.05) is 12.1 Å². The number of hydrogen-bond acceptors (Lipinski definition) is 4. The molecular weight excluding hydrogens is 354 g/mol. The number of aryl methyl sites for hydroxylation is 2. The second-order valence-electron chi connectivity index (χ2n) is 6.79. The Morgan fingerprint density at radius 3 is 2.46 bits per heavy atom. The molecule has 6 heteroatoms. The molecule has 0 aliphatic rings. The molecule has 3 aromatic rings. The number of aromatic nitrogens is 2. The quantitative estimate of drug-likeness (QED) is 0.620. The zero-order valence-electron chi connectivity index (χ0n) is 16.6. The number of hydrogen-bond donors (Lipinski definition) is 2. The number of pyridine rings is 1. The van der Waals surface area contributed by atoms with Crippen LogP contribution >= 0.6 is 0 Å². The van der Waals surface area contributed by atoms with Crippen LogP contribution in [0.1, 0.15) is 50.2 Å². The van der Waals surface area contributed by atoms with E-state index in [1.807, 2.05) is 32.0 Å². The zero-order chi connectivity index (χ0) is 20.4. The van der Waals surface area contributed by atoms with Gasteiger partial charge in [0.2, 0.25) is 5.88 Å². The van der Waals surface area contributed by atoms with Crippen LogP contribution in [0, 0.1) is 27.7 Å². The average Bonchev–Trinajstić information content (AvgIpc) is 2.95. The molecule has 0 aliphatic heterocycles. The van der Waals surface area contributed by atoms with Gasteiger partial charge >= 0.3 is 0 Å². The number of benzene rings is 1. The summed E-state index contributed by atoms with van der Waals surface area (Å²) in [5.74, 6) is 0.551. The van der Waals surface area contributed by atoms with E-state index < -0.39 is 0 Å². The Hall–Kier alpha value is -3.41. The number of nitrogens with zero attached hydrogens (tertiary/aromatic N) is 1. The van der Waals surface area contributed by atoms with Crippen LogP contribution in [-0.2, 0) is 0 Å². The highest BCUT2D eigenvalue weighted by molar-refractivity contribution is 6.08. The summed E-state index contributed by atoms with van der Waals surface area (Å²) in [5.41, 5.74) is 4.76. The molecule has 2 N–H and O–H groups in total. The molecule has 144 valence electrons. The van der Waals surface area contributed by atoms with Gasteiger partial charge in [0.05, 0.1) is 0 Å². The largest absolute Gasteiger partial charge is 0.437 e. The maximum atomic E-state index is 12.8. The Morgan fingerprint density at radius 1 is 1.04 bits per heavy atom. The van der Waals surface area contributed by atoms with Crippen LogP contribution < -0.4 is 10.1 Å². The molecule has 1 amide bonds. The molecule has 28 heavy (non-hydrogen) atoms. The van der Waals surface area contributed by atoms with Gasteiger partial charge in [0.1, 0.15) is 17.1 Å². The van der Waals surface area contributed by atoms with E-state index in [4.69, 9.17) is 4.74 Å². The van der Waals surface area contributed by atoms with Gasteiger partial charge in [-0.2, -0.15) is 0 Å². The number of amides is 1. The molecule has 0 fully saturated rings. The van der Waals surface area contributed by atoms with Crippen LogP contribution in [0.15, 0.2) is 36.5 Å². The molecule has 1 aromatic carbocycles. The van der Waals surface area contributed by atoms with Gasteiger partial charge in [-0.15, -0.1) is 0 Å². The molecule has 0 spiro atoms. The van der Waals surface area contributed by atoms with E-state index in [9.17, 15) is 9.59 Å². The number of Topliss-reactive ketones (excluding diaryl/α,β-unsaturated/α-hetero) is 1. The number of nitrogens with one attached hydrogen (secondary N) is 2. The minimum atomic E-state index is -0.355. The summed E-state index contributed by atoms with van der Waals surface area (Å²) >= 11 is 0. The lowest BCUT2D eigenvalue weighted by atomic mass is 10.1. The first-order valence-electron chi connectivity index (χ1n) is 9.00. The van der Waals surface area contributed by atoms with Crippen molar-refractivity contribution < 1.29 is 14.3 Å². The van der Waals surface area contributed by atoms with E-state index >= 15 is 0 Å². The van der Waals surface area contributed by atoms with Crippen LogP contribution in [0.3, 0.4) is 0 Å². The minimum Gasteiger partial charge on any atom is -0.437 e. The van der Waals surface area contributed by atoms with E-state index in [0.717, 1.165) is 11.1 Å². The number of aromatic amines is 1. The number of anilines is 1. The molecule has 0 bridgehead atoms. The van der Waals surface area contributed by atoms with Crippen molar-refractivity contribution in [3.63, 3.8) is 0 Å². The van der Waals surface area contributed by atoms with Crippen molar-refractivity contribution in [2.75, 3.05) is 5.32 Å². The summed E-state index contributed by atoms with van der Waals surface area (Å²) in [6.45, 7) is 9.00. The Bertz CT molecular complexity index is 1070. The van der Waals surface area contributed by atoms with Crippen LogP contribution in [0.4, 0.5) is 5.69 Å². The van der Waals surface area contributed by atoms with Crippen molar-refractivity contribution in [2.45, 2.75) is 34.6 Å². The van der Waals surface area contributed by atoms with Gasteiger partial charge in [0.25, 0.3) is 5.91 Å². The third kappa shape index (κ3) is 3.67. The van der Waals surface area contributed by atoms with E-state index in [2.05, 4.69) is 15.3 Å². The third-order valence-electron chi connectivity index (χ3n) is 4.80. The number of carbonyl (C=O) groups is 2. The monoisotopic (exact) mass is 377 g/mol. The molecule has 0 atom stereocenters. The number of rotatable bonds is 5. The second kappa shape index (κ2) is 7.68. The highest BCUT2D eigenvalue weighted by Gasteiger charge is 2.21. The van der Waals surface area contributed by atoms with E-state index in [1.165, 1.54) is 6.92 Å². The Morgan fingerprint density at radius 2 is 1.79 bits per heavy atom. The summed E-state index contributed by atoms with van der Waals surface area (Å²) in [6.07, 6.45) is 1.61. The zero-order valence-corrected chi connectivity index (χ0v) is 16.6. The van der Waals surface area contributed by atoms with Gasteiger partial charge in [0, 0.05) is 17.5 Å². The number of ketones is 1. The SMILES string of the molecule is CC(=O)c1c(C)[nH]c(C(=O)Nc2cccnc2Oc2cccc(C)c2C)c1C. The standard InChI is InChI=1S/C22H23N3O3/c1-12-8-6-10-18(13(12)2)28-22-17(9-7-11-23-22)25-21(27)20-14(3)19(16(5)26)15(4)24-20/h6-11,24H,1-5H3,(H,25,27). The summed E-state index contributed by atoms with van der Waals surface area (Å²) in [4.78, 5) is 31.9. The Labute approximate surface area is 164 Å². The number of H-pyrrole nitrogens is 1. The van der Waals surface area contributed by atoms with Gasteiger partial charge in [-0.3, -0.25) is 9.59 Å². The van der Waals surface area contributed by atoms with Crippen molar-refractivity contribution in [1.29, 1.82) is 0 Å². The highest BCUT2D eigenvalue weighted by Crippen LogP contribution is 2.31. The molecule has 0 aliphatic carbocycles. The number of carbonyl (C=O) groups excluding carboxylic acids is 2. The van der Waals surface area contributed by atoms with Crippen LogP contribution in [0.2, 0.25) is 0 Å². The summed E-state index contributed by atoms with van der Waals surface area (Å²) in [6, 6.07) is 9.22. The first-order chi connectivity index (χ1) is 13.3. The van der Waals surface area contributed by atoms with E-state index in [-0.39, 0.29) is 11.7 Å². The lowest BCUT2D eigenvalue weighted by Gasteiger charge is -2.13. The Kier molecular flexibility index (Phi) is 5.31. The van der Waals surface area contributed by atoms with Crippen molar-refractivity contribution in [1.82, 2.24) is 9.97 Å². The fraction of sp³-hybridized carbons (Fsp3) is 0.227. The summed E-state index contributed by atoms with van der Waals surface area (Å²) in [5, 5.41) is 2.83. The molecule has 0 radical (unpaired) electrons. The molecule has 6 nitrogen and oxygen atoms in total. The average molecular weight is 377 g/mol. The smallest absolute Gasteiger partial charge is 0.272 e. The van der Waals surface area contributed by atoms with E-state index in [1.54, 1.807) is 32.2 Å². The van der Waals surface area contributed by atoms with Crippen LogP contribution in [-0.4, -0.2) is 21.7 Å². The maximum Gasteiger partial charge on any atom is 0.272 e. The fourth-order valence-corrected chi connectivity index (χ4v) is 3.20. The normalized spacial score (nSPS) is 10.6. The van der Waals surface area contributed by atoms with Crippen LogP contribution in [0.25, 0.3) is 0 Å². The molecule has 0 saturated heterocycles. The predicted octanol–water partition coefficient (Wildman–Crippen LogP) is 4.89. The second-order valence-corrected chi connectivity index (χ2v) is 6.79. The third-order valence-corrected chi connectivity index (χ3v) is 4.80. The lowest BCUT2D eigenvalue weighted by Crippen LogP contribution is -2.15. The maximum absolute atomic E-state index is 12.8. The van der Waals surface area contributed by atoms with Crippen molar-refractivity contribution >= 4 is 17.4 Å². The molecule has 3 rings (SSSR count). The fourth-order valence-electron chi connectivity index (χ4n) is 3.20. The molecule has 2 heterocycles. The van der Waals surface area contributed by atoms with Crippen molar-refractivity contribution in [2.24, 2.45) is 0 Å². The first-order valence-corrected chi connectivity index (χ1v) is 9.00. The van der Waals surface area contributed by atoms with Crippen LogP contribution in [0.5, 0.6) is 11.6 Å². The van der Waals surface area contributed by atoms with Gasteiger partial charge in [0.15, 0.2) is 5.78 Å². The molecular formula is C22H23N3O3. The van der Waals surface area contributed by atoms with Crippen molar-refractivity contribution in [3.05, 3.63) is 70.2 Å². The van der Waals surface area contributed by atoms with E-state index in [0.29, 0.717) is 39.8 Å². The Balaban J connectivity index is 1.90.